The van der Waals surface area contributed by atoms with Gasteiger partial charge < -0.3 is 0 Å². The van der Waals surface area contributed by atoms with Gasteiger partial charge in [-0.2, -0.15) is 0 Å². The highest BCUT2D eigenvalue weighted by atomic mass is 16.6. The third-order valence-corrected chi connectivity index (χ3v) is 2.96. The van der Waals surface area contributed by atoms with Crippen LogP contribution in [0.3, 0.4) is 0 Å². The van der Waals surface area contributed by atoms with Gasteiger partial charge in [-0.3, -0.25) is 20.2 Å². The van der Waals surface area contributed by atoms with Gasteiger partial charge in [0.05, 0.1) is 9.85 Å². The highest BCUT2D eigenvalue weighted by molar-refractivity contribution is 5.35. The van der Waals surface area contributed by atoms with E-state index in [-0.39, 0.29) is 17.3 Å². The first-order valence-corrected chi connectivity index (χ1v) is 5.82. The van der Waals surface area contributed by atoms with Crippen molar-refractivity contribution in [3.63, 3.8) is 0 Å². The van der Waals surface area contributed by atoms with Gasteiger partial charge in [-0.05, 0) is 30.4 Å². The van der Waals surface area contributed by atoms with Gasteiger partial charge in [-0.15, -0.1) is 0 Å². The first-order valence-electron chi connectivity index (χ1n) is 5.82. The maximum Gasteiger partial charge on any atom is 0.269 e. The van der Waals surface area contributed by atoms with Crippen molar-refractivity contribution in [2.24, 2.45) is 5.92 Å². The molecule has 0 aromatic heterocycles. The standard InChI is InChI=1S/C13H12N2O4/c16-14(17)12-5-1-3-10(8-12)7-11-4-2-6-13(9-11)15(18)19/h1-3,5-6,8-9,11H,4,7H2. The molecule has 19 heavy (non-hydrogen) atoms. The topological polar surface area (TPSA) is 86.3 Å². The lowest BCUT2D eigenvalue weighted by molar-refractivity contribution is -0.419. The SMILES string of the molecule is O=[N+]([O-])C1=CC(Cc2cccc([N+](=O)[O-])c2)CC=C1. The lowest BCUT2D eigenvalue weighted by atomic mass is 9.92. The Morgan fingerprint density at radius 3 is 2.68 bits per heavy atom. The molecule has 0 fully saturated rings. The van der Waals surface area contributed by atoms with Crippen LogP contribution in [0.1, 0.15) is 12.0 Å². The summed E-state index contributed by atoms with van der Waals surface area (Å²) in [6.45, 7) is 0. The van der Waals surface area contributed by atoms with Crippen LogP contribution in [0.5, 0.6) is 0 Å². The zero-order valence-electron chi connectivity index (χ0n) is 10.1. The van der Waals surface area contributed by atoms with E-state index in [0.29, 0.717) is 12.8 Å². The molecule has 0 saturated carbocycles. The van der Waals surface area contributed by atoms with E-state index in [0.717, 1.165) is 5.56 Å². The van der Waals surface area contributed by atoms with Crippen molar-refractivity contribution >= 4 is 5.69 Å². The lowest BCUT2D eigenvalue weighted by Crippen LogP contribution is -2.08. The number of nitro benzene ring substituents is 1. The Morgan fingerprint density at radius 1 is 1.21 bits per heavy atom. The third kappa shape index (κ3) is 3.25. The van der Waals surface area contributed by atoms with Crippen LogP contribution in [-0.4, -0.2) is 9.85 Å². The molecule has 2 rings (SSSR count). The van der Waals surface area contributed by atoms with Crippen LogP contribution < -0.4 is 0 Å². The highest BCUT2D eigenvalue weighted by Crippen LogP contribution is 2.23. The van der Waals surface area contributed by atoms with Gasteiger partial charge in [0, 0.05) is 18.2 Å². The Hall–Kier alpha value is -2.50. The second kappa shape index (κ2) is 5.43. The summed E-state index contributed by atoms with van der Waals surface area (Å²) in [6.07, 6.45) is 6.13. The van der Waals surface area contributed by atoms with Gasteiger partial charge in [0.25, 0.3) is 11.4 Å². The number of allylic oxidation sites excluding steroid dienone is 3. The Kier molecular flexibility index (Phi) is 3.70. The van der Waals surface area contributed by atoms with E-state index < -0.39 is 9.85 Å². The zero-order chi connectivity index (χ0) is 13.8. The number of nitrogens with zero attached hydrogens (tertiary/aromatic N) is 2. The first-order chi connectivity index (χ1) is 9.06. The normalized spacial score (nSPS) is 17.9. The average molecular weight is 260 g/mol. The van der Waals surface area contributed by atoms with Gasteiger partial charge in [-0.1, -0.05) is 18.2 Å². The van der Waals surface area contributed by atoms with Gasteiger partial charge in [0.2, 0.25) is 0 Å². The van der Waals surface area contributed by atoms with Crippen molar-refractivity contribution < 1.29 is 9.85 Å². The zero-order valence-corrected chi connectivity index (χ0v) is 10.1. The van der Waals surface area contributed by atoms with Crippen LogP contribution in [0, 0.1) is 26.1 Å². The molecule has 6 nitrogen and oxygen atoms in total. The number of benzene rings is 1. The number of nitro groups is 2. The molecule has 1 unspecified atom stereocenters. The van der Waals surface area contributed by atoms with E-state index in [4.69, 9.17) is 0 Å². The van der Waals surface area contributed by atoms with Crippen LogP contribution in [0.2, 0.25) is 0 Å². The van der Waals surface area contributed by atoms with Crippen molar-refractivity contribution in [1.82, 2.24) is 0 Å². The summed E-state index contributed by atoms with van der Waals surface area (Å²) in [4.78, 5) is 20.5. The van der Waals surface area contributed by atoms with Crippen molar-refractivity contribution in [1.29, 1.82) is 0 Å². The second-order valence-electron chi connectivity index (χ2n) is 4.38. The Bertz CT molecular complexity index is 578. The molecule has 1 aromatic carbocycles. The third-order valence-electron chi connectivity index (χ3n) is 2.96. The average Bonchev–Trinajstić information content (AvgIpc) is 2.39. The van der Waals surface area contributed by atoms with E-state index in [1.54, 1.807) is 24.3 Å². The molecule has 1 aliphatic rings. The predicted molar refractivity (Wildman–Crippen MR) is 69.1 cm³/mol. The van der Waals surface area contributed by atoms with Crippen LogP contribution in [0.4, 0.5) is 5.69 Å². The lowest BCUT2D eigenvalue weighted by Gasteiger charge is -2.13. The Labute approximate surface area is 109 Å². The molecule has 0 amide bonds. The number of hydrogen-bond donors (Lipinski definition) is 0. The summed E-state index contributed by atoms with van der Waals surface area (Å²) >= 11 is 0. The van der Waals surface area contributed by atoms with Crippen molar-refractivity contribution in [3.8, 4) is 0 Å². The van der Waals surface area contributed by atoms with Crippen LogP contribution in [0.15, 0.2) is 48.2 Å². The minimum absolute atomic E-state index is 0.00686. The van der Waals surface area contributed by atoms with E-state index in [2.05, 4.69) is 0 Å². The molecular formula is C13H12N2O4. The van der Waals surface area contributed by atoms with Gasteiger partial charge in [-0.25, -0.2) is 0 Å². The first kappa shape index (κ1) is 12.9. The molecule has 0 bridgehead atoms. The molecule has 0 radical (unpaired) electrons. The van der Waals surface area contributed by atoms with Gasteiger partial charge >= 0.3 is 0 Å². The fourth-order valence-electron chi connectivity index (χ4n) is 2.09. The van der Waals surface area contributed by atoms with Crippen LogP contribution >= 0.6 is 0 Å². The maximum absolute atomic E-state index is 10.7. The summed E-state index contributed by atoms with van der Waals surface area (Å²) in [5.74, 6) is 0.00686. The van der Waals surface area contributed by atoms with Crippen molar-refractivity contribution in [2.75, 3.05) is 0 Å². The molecule has 0 aliphatic heterocycles. The summed E-state index contributed by atoms with van der Waals surface area (Å²) < 4.78 is 0. The van der Waals surface area contributed by atoms with Crippen LogP contribution in [0.25, 0.3) is 0 Å². The summed E-state index contributed by atoms with van der Waals surface area (Å²) in [5.41, 5.74) is 0.942. The minimum Gasteiger partial charge on any atom is -0.258 e. The van der Waals surface area contributed by atoms with E-state index in [9.17, 15) is 20.2 Å². The molecule has 98 valence electrons. The number of non-ortho nitro benzene ring substituents is 1. The Morgan fingerprint density at radius 2 is 2.00 bits per heavy atom. The summed E-state index contributed by atoms with van der Waals surface area (Å²) in [6, 6.07) is 6.37. The van der Waals surface area contributed by atoms with Crippen molar-refractivity contribution in [3.05, 3.63) is 74.0 Å². The fraction of sp³-hybridized carbons (Fsp3) is 0.231. The van der Waals surface area contributed by atoms with Crippen LogP contribution in [-0.2, 0) is 6.42 Å². The van der Waals surface area contributed by atoms with E-state index in [1.807, 2.05) is 0 Å². The largest absolute Gasteiger partial charge is 0.269 e. The molecule has 0 heterocycles. The van der Waals surface area contributed by atoms with E-state index in [1.165, 1.54) is 18.2 Å². The molecule has 1 aliphatic carbocycles. The monoisotopic (exact) mass is 260 g/mol. The van der Waals surface area contributed by atoms with Gasteiger partial charge in [0.15, 0.2) is 0 Å². The molecular weight excluding hydrogens is 248 g/mol. The number of hydrogen-bond acceptors (Lipinski definition) is 4. The molecule has 6 heteroatoms. The molecule has 1 aromatic rings. The predicted octanol–water partition coefficient (Wildman–Crippen LogP) is 2.87. The second-order valence-corrected chi connectivity index (χ2v) is 4.38. The smallest absolute Gasteiger partial charge is 0.258 e. The minimum atomic E-state index is -0.442. The molecule has 0 spiro atoms. The summed E-state index contributed by atoms with van der Waals surface area (Å²) in [5, 5.41) is 21.4. The molecule has 1 atom stereocenters. The van der Waals surface area contributed by atoms with E-state index >= 15 is 0 Å². The number of rotatable bonds is 4. The Balaban J connectivity index is 2.14. The summed E-state index contributed by atoms with van der Waals surface area (Å²) in [7, 11) is 0. The molecule has 0 N–H and O–H groups in total. The fourth-order valence-corrected chi connectivity index (χ4v) is 2.09. The molecule has 0 saturated heterocycles. The van der Waals surface area contributed by atoms with Gasteiger partial charge in [0.1, 0.15) is 0 Å². The highest BCUT2D eigenvalue weighted by Gasteiger charge is 2.17. The van der Waals surface area contributed by atoms with Crippen molar-refractivity contribution in [2.45, 2.75) is 12.8 Å². The quantitative estimate of drug-likeness (QED) is 0.615. The maximum atomic E-state index is 10.7.